The summed E-state index contributed by atoms with van der Waals surface area (Å²) in [7, 11) is 0. The quantitative estimate of drug-likeness (QED) is 0.757. The summed E-state index contributed by atoms with van der Waals surface area (Å²) in [6.07, 6.45) is -1.08. The number of carboxylic acid groups (broad SMARTS) is 1. The number of para-hydroxylation sites is 1. The van der Waals surface area contributed by atoms with E-state index in [9.17, 15) is 4.79 Å². The first kappa shape index (κ1) is 8.96. The molecule has 72 valence electrons. The van der Waals surface area contributed by atoms with E-state index in [1.54, 1.807) is 0 Å². The summed E-state index contributed by atoms with van der Waals surface area (Å²) in [6.45, 7) is 1.95. The first-order valence-corrected chi connectivity index (χ1v) is 4.84. The first-order valence-electron chi connectivity index (χ1n) is 4.03. The molecule has 5 heteroatoms. The Morgan fingerprint density at radius 2 is 2.36 bits per heavy atom. The lowest BCUT2D eigenvalue weighted by molar-refractivity contribution is 0.210. The standard InChI is InChI=1S/C9H8N2O2S/c1-5-3-2-4-6-7(5)10-8(14-6)11-9(12)13/h2-4H,1H3,(H,10,11)(H,12,13). The molecule has 2 aromatic rings. The topological polar surface area (TPSA) is 62.2 Å². The van der Waals surface area contributed by atoms with Crippen LogP contribution in [0.5, 0.6) is 0 Å². The van der Waals surface area contributed by atoms with Crippen molar-refractivity contribution in [2.24, 2.45) is 0 Å². The van der Waals surface area contributed by atoms with Gasteiger partial charge in [-0.3, -0.25) is 5.32 Å². The summed E-state index contributed by atoms with van der Waals surface area (Å²) in [5, 5.41) is 11.2. The Balaban J connectivity index is 2.51. The highest BCUT2D eigenvalue weighted by molar-refractivity contribution is 7.22. The average molecular weight is 208 g/mol. The Bertz CT molecular complexity index is 493. The number of thiazole rings is 1. The minimum atomic E-state index is -1.08. The van der Waals surface area contributed by atoms with E-state index in [1.165, 1.54) is 11.3 Å². The molecule has 0 radical (unpaired) electrons. The van der Waals surface area contributed by atoms with Crippen LogP contribution in [-0.4, -0.2) is 16.2 Å². The monoisotopic (exact) mass is 208 g/mol. The number of fused-ring (bicyclic) bond motifs is 1. The third-order valence-electron chi connectivity index (χ3n) is 1.83. The molecule has 0 fully saturated rings. The Morgan fingerprint density at radius 1 is 1.57 bits per heavy atom. The maximum Gasteiger partial charge on any atom is 0.410 e. The number of rotatable bonds is 1. The third-order valence-corrected chi connectivity index (χ3v) is 2.77. The number of nitrogens with one attached hydrogen (secondary N) is 1. The number of nitrogens with zero attached hydrogens (tertiary/aromatic N) is 1. The molecule has 0 saturated carbocycles. The van der Waals surface area contributed by atoms with Gasteiger partial charge in [-0.25, -0.2) is 9.78 Å². The van der Waals surface area contributed by atoms with Crippen molar-refractivity contribution in [3.05, 3.63) is 23.8 Å². The molecule has 1 amide bonds. The molecular weight excluding hydrogens is 200 g/mol. The number of anilines is 1. The van der Waals surface area contributed by atoms with E-state index in [2.05, 4.69) is 10.3 Å². The largest absolute Gasteiger partial charge is 0.465 e. The predicted molar refractivity (Wildman–Crippen MR) is 56.0 cm³/mol. The molecule has 14 heavy (non-hydrogen) atoms. The molecule has 0 saturated heterocycles. The van der Waals surface area contributed by atoms with Crippen LogP contribution in [0.1, 0.15) is 5.56 Å². The summed E-state index contributed by atoms with van der Waals surface area (Å²) in [5.74, 6) is 0. The van der Waals surface area contributed by atoms with Crippen LogP contribution in [0, 0.1) is 6.92 Å². The zero-order chi connectivity index (χ0) is 10.1. The summed E-state index contributed by atoms with van der Waals surface area (Å²) in [5.41, 5.74) is 1.92. The van der Waals surface area contributed by atoms with Crippen LogP contribution in [0.2, 0.25) is 0 Å². The SMILES string of the molecule is Cc1cccc2sc(NC(=O)O)nc12. The molecule has 2 rings (SSSR count). The smallest absolute Gasteiger partial charge is 0.410 e. The number of hydrogen-bond donors (Lipinski definition) is 2. The van der Waals surface area contributed by atoms with Crippen LogP contribution in [0.15, 0.2) is 18.2 Å². The fourth-order valence-corrected chi connectivity index (χ4v) is 2.16. The van der Waals surface area contributed by atoms with Crippen LogP contribution >= 0.6 is 11.3 Å². The minimum absolute atomic E-state index is 0.418. The van der Waals surface area contributed by atoms with Gasteiger partial charge in [0.15, 0.2) is 5.13 Å². The fourth-order valence-electron chi connectivity index (χ4n) is 1.23. The normalized spacial score (nSPS) is 10.4. The van der Waals surface area contributed by atoms with Gasteiger partial charge in [-0.05, 0) is 18.6 Å². The zero-order valence-electron chi connectivity index (χ0n) is 7.44. The molecule has 0 bridgehead atoms. The number of aryl methyl sites for hydroxylation is 1. The van der Waals surface area contributed by atoms with Crippen molar-refractivity contribution in [1.82, 2.24) is 4.98 Å². The third kappa shape index (κ3) is 1.54. The Kier molecular flexibility index (Phi) is 2.09. The Labute approximate surface area is 84.2 Å². The van der Waals surface area contributed by atoms with Crippen LogP contribution < -0.4 is 5.32 Å². The molecule has 0 aliphatic carbocycles. The molecule has 1 aromatic carbocycles. The highest BCUT2D eigenvalue weighted by atomic mass is 32.1. The van der Waals surface area contributed by atoms with Gasteiger partial charge >= 0.3 is 6.09 Å². The van der Waals surface area contributed by atoms with Gasteiger partial charge in [-0.15, -0.1) is 0 Å². The van der Waals surface area contributed by atoms with Gasteiger partial charge < -0.3 is 5.11 Å². The summed E-state index contributed by atoms with van der Waals surface area (Å²) in [6, 6.07) is 5.81. The highest BCUT2D eigenvalue weighted by Gasteiger charge is 2.06. The molecule has 1 aromatic heterocycles. The molecular formula is C9H8N2O2S. The lowest BCUT2D eigenvalue weighted by Gasteiger charge is -1.91. The highest BCUT2D eigenvalue weighted by Crippen LogP contribution is 2.27. The van der Waals surface area contributed by atoms with Crippen molar-refractivity contribution in [2.45, 2.75) is 6.92 Å². The van der Waals surface area contributed by atoms with Crippen molar-refractivity contribution in [3.63, 3.8) is 0 Å². The van der Waals surface area contributed by atoms with Gasteiger partial charge in [-0.1, -0.05) is 23.5 Å². The molecule has 1 heterocycles. The van der Waals surface area contributed by atoms with Crippen molar-refractivity contribution < 1.29 is 9.90 Å². The number of hydrogen-bond acceptors (Lipinski definition) is 3. The van der Waals surface area contributed by atoms with Gasteiger partial charge in [0.05, 0.1) is 10.2 Å². The Hall–Kier alpha value is -1.62. The van der Waals surface area contributed by atoms with Crippen molar-refractivity contribution >= 4 is 32.8 Å². The van der Waals surface area contributed by atoms with E-state index in [4.69, 9.17) is 5.11 Å². The Morgan fingerprint density at radius 3 is 3.00 bits per heavy atom. The minimum Gasteiger partial charge on any atom is -0.465 e. The average Bonchev–Trinajstić information content (AvgIpc) is 2.47. The molecule has 0 unspecified atom stereocenters. The second-order valence-corrected chi connectivity index (χ2v) is 3.90. The van der Waals surface area contributed by atoms with Crippen molar-refractivity contribution in [1.29, 1.82) is 0 Å². The summed E-state index contributed by atoms with van der Waals surface area (Å²) < 4.78 is 0.994. The van der Waals surface area contributed by atoms with Gasteiger partial charge in [-0.2, -0.15) is 0 Å². The summed E-state index contributed by atoms with van der Waals surface area (Å²) >= 11 is 1.34. The van der Waals surface area contributed by atoms with Crippen molar-refractivity contribution in [3.8, 4) is 0 Å². The maximum atomic E-state index is 10.4. The van der Waals surface area contributed by atoms with E-state index in [0.29, 0.717) is 5.13 Å². The molecule has 0 aliphatic heterocycles. The van der Waals surface area contributed by atoms with E-state index >= 15 is 0 Å². The molecule has 2 N–H and O–H groups in total. The van der Waals surface area contributed by atoms with E-state index < -0.39 is 6.09 Å². The van der Waals surface area contributed by atoms with Gasteiger partial charge in [0.2, 0.25) is 0 Å². The molecule has 4 nitrogen and oxygen atoms in total. The van der Waals surface area contributed by atoms with E-state index in [-0.39, 0.29) is 0 Å². The van der Waals surface area contributed by atoms with Gasteiger partial charge in [0, 0.05) is 0 Å². The van der Waals surface area contributed by atoms with Crippen LogP contribution in [0.25, 0.3) is 10.2 Å². The zero-order valence-corrected chi connectivity index (χ0v) is 8.26. The second-order valence-electron chi connectivity index (χ2n) is 2.87. The fraction of sp³-hybridized carbons (Fsp3) is 0.111. The molecule has 0 spiro atoms. The number of amides is 1. The van der Waals surface area contributed by atoms with Crippen LogP contribution in [0.3, 0.4) is 0 Å². The van der Waals surface area contributed by atoms with E-state index in [1.807, 2.05) is 25.1 Å². The maximum absolute atomic E-state index is 10.4. The van der Waals surface area contributed by atoms with Gasteiger partial charge in [0.25, 0.3) is 0 Å². The number of aromatic nitrogens is 1. The van der Waals surface area contributed by atoms with Crippen LogP contribution in [0.4, 0.5) is 9.93 Å². The van der Waals surface area contributed by atoms with Gasteiger partial charge in [0.1, 0.15) is 0 Å². The first-order chi connectivity index (χ1) is 6.66. The predicted octanol–water partition coefficient (Wildman–Crippen LogP) is 2.69. The van der Waals surface area contributed by atoms with Crippen molar-refractivity contribution in [2.75, 3.05) is 5.32 Å². The van der Waals surface area contributed by atoms with Crippen LogP contribution in [-0.2, 0) is 0 Å². The number of benzene rings is 1. The van der Waals surface area contributed by atoms with E-state index in [0.717, 1.165) is 15.8 Å². The molecule has 0 aliphatic rings. The lowest BCUT2D eigenvalue weighted by Crippen LogP contribution is -2.06. The second kappa shape index (κ2) is 3.26. The number of carbonyl (C=O) groups is 1. The lowest BCUT2D eigenvalue weighted by atomic mass is 10.2. The summed E-state index contributed by atoms with van der Waals surface area (Å²) in [4.78, 5) is 14.6. The molecule has 0 atom stereocenters.